The van der Waals surface area contributed by atoms with Crippen LogP contribution in [0.3, 0.4) is 0 Å². The van der Waals surface area contributed by atoms with Gasteiger partial charge in [0.15, 0.2) is 6.10 Å². The van der Waals surface area contributed by atoms with Crippen molar-refractivity contribution in [2.45, 2.75) is 19.6 Å². The number of rotatable bonds is 8. The van der Waals surface area contributed by atoms with Crippen molar-refractivity contribution in [2.24, 2.45) is 0 Å². The van der Waals surface area contributed by atoms with Gasteiger partial charge < -0.3 is 19.8 Å². The molecule has 0 bridgehead atoms. The second kappa shape index (κ2) is 9.37. The minimum atomic E-state index is -1.09. The molecule has 1 atom stereocenters. The maximum absolute atomic E-state index is 12.4. The molecule has 0 aliphatic heterocycles. The number of ether oxygens (including phenoxy) is 1. The lowest BCUT2D eigenvalue weighted by atomic mass is 10.1. The van der Waals surface area contributed by atoms with Crippen molar-refractivity contribution in [3.05, 3.63) is 88.4 Å². The van der Waals surface area contributed by atoms with Crippen molar-refractivity contribution in [1.82, 2.24) is 5.32 Å². The summed E-state index contributed by atoms with van der Waals surface area (Å²) in [7, 11) is 0. The molecule has 0 fully saturated rings. The van der Waals surface area contributed by atoms with E-state index in [0.29, 0.717) is 11.4 Å². The zero-order valence-electron chi connectivity index (χ0n) is 16.0. The molecule has 9 heteroatoms. The normalized spacial score (nSPS) is 11.4. The number of esters is 1. The molecule has 0 saturated carbocycles. The molecule has 0 unspecified atom stereocenters. The molecule has 30 heavy (non-hydrogen) atoms. The molecule has 2 N–H and O–H groups in total. The first-order chi connectivity index (χ1) is 14.4. The van der Waals surface area contributed by atoms with Crippen molar-refractivity contribution in [1.29, 1.82) is 0 Å². The lowest BCUT2D eigenvalue weighted by Crippen LogP contribution is -2.35. The third kappa shape index (κ3) is 5.22. The molecule has 0 aliphatic rings. The molecule has 3 aromatic rings. The van der Waals surface area contributed by atoms with Crippen LogP contribution >= 0.6 is 0 Å². The number of nitrogens with zero attached hydrogens (tertiary/aromatic N) is 1. The molecular weight excluding hydrogens is 390 g/mol. The zero-order chi connectivity index (χ0) is 21.5. The van der Waals surface area contributed by atoms with Crippen LogP contribution in [0.1, 0.15) is 23.0 Å². The maximum atomic E-state index is 12.4. The summed E-state index contributed by atoms with van der Waals surface area (Å²) in [5.74, 6) is -0.805. The molecule has 0 radical (unpaired) electrons. The Morgan fingerprint density at radius 2 is 1.90 bits per heavy atom. The van der Waals surface area contributed by atoms with E-state index in [4.69, 9.17) is 9.15 Å². The molecule has 0 saturated heterocycles. The summed E-state index contributed by atoms with van der Waals surface area (Å²) in [6.45, 7) is 1.56. The molecule has 3 rings (SSSR count). The second-order valence-electron chi connectivity index (χ2n) is 6.32. The maximum Gasteiger partial charge on any atom is 0.339 e. The number of amides is 1. The monoisotopic (exact) mass is 409 g/mol. The topological polar surface area (TPSA) is 124 Å². The first-order valence-electron chi connectivity index (χ1n) is 9.05. The van der Waals surface area contributed by atoms with Crippen LogP contribution in [-0.4, -0.2) is 22.9 Å². The highest BCUT2D eigenvalue weighted by molar-refractivity contribution is 5.94. The smallest absolute Gasteiger partial charge is 0.339 e. The predicted octanol–water partition coefficient (Wildman–Crippen LogP) is 3.79. The van der Waals surface area contributed by atoms with Gasteiger partial charge in [-0.1, -0.05) is 18.2 Å². The van der Waals surface area contributed by atoms with Crippen molar-refractivity contribution in [3.8, 4) is 0 Å². The zero-order valence-corrected chi connectivity index (χ0v) is 16.0. The van der Waals surface area contributed by atoms with Crippen LogP contribution in [0.2, 0.25) is 0 Å². The molecule has 1 heterocycles. The molecule has 1 aromatic heterocycles. The Hall–Kier alpha value is -4.14. The number of hydrogen-bond donors (Lipinski definition) is 2. The number of furan rings is 1. The Labute approximate surface area is 171 Å². The van der Waals surface area contributed by atoms with E-state index >= 15 is 0 Å². The summed E-state index contributed by atoms with van der Waals surface area (Å²) < 4.78 is 10.2. The first kappa shape index (κ1) is 20.6. The molecule has 9 nitrogen and oxygen atoms in total. The van der Waals surface area contributed by atoms with Crippen molar-refractivity contribution >= 4 is 28.9 Å². The standard InChI is InChI=1S/C21H19N3O6/c1-14(20(25)22-13-17-8-5-11-29-17)30-21(26)15-9-10-18(19(12-15)24(27)28)23-16-6-3-2-4-7-16/h2-12,14,23H,13H2,1H3,(H,22,25)/t14-/m1/s1. The fourth-order valence-electron chi connectivity index (χ4n) is 2.61. The second-order valence-corrected chi connectivity index (χ2v) is 6.32. The van der Waals surface area contributed by atoms with Crippen molar-refractivity contribution in [2.75, 3.05) is 5.32 Å². The average Bonchev–Trinajstić information content (AvgIpc) is 3.26. The Bertz CT molecular complexity index is 1030. The molecule has 0 spiro atoms. The highest BCUT2D eigenvalue weighted by Gasteiger charge is 2.22. The molecule has 1 amide bonds. The quantitative estimate of drug-likeness (QED) is 0.329. The summed E-state index contributed by atoms with van der Waals surface area (Å²) in [5.41, 5.74) is 0.569. The molecule has 2 aromatic carbocycles. The Morgan fingerprint density at radius 1 is 1.13 bits per heavy atom. The van der Waals surface area contributed by atoms with E-state index in [9.17, 15) is 19.7 Å². The number of hydrogen-bond acceptors (Lipinski definition) is 7. The summed E-state index contributed by atoms with van der Waals surface area (Å²) in [6.07, 6.45) is 0.391. The minimum Gasteiger partial charge on any atom is -0.467 e. The van der Waals surface area contributed by atoms with E-state index in [1.54, 1.807) is 36.4 Å². The van der Waals surface area contributed by atoms with E-state index in [1.165, 1.54) is 25.3 Å². The van der Waals surface area contributed by atoms with Crippen molar-refractivity contribution < 1.29 is 23.7 Å². The molecule has 0 aliphatic carbocycles. The van der Waals surface area contributed by atoms with Gasteiger partial charge in [-0.3, -0.25) is 14.9 Å². The van der Waals surface area contributed by atoms with Crippen LogP contribution in [0.5, 0.6) is 0 Å². The molecule has 154 valence electrons. The summed E-state index contributed by atoms with van der Waals surface area (Å²) >= 11 is 0. The molecular formula is C21H19N3O6. The van der Waals surface area contributed by atoms with Crippen LogP contribution in [0.25, 0.3) is 0 Å². The van der Waals surface area contributed by atoms with Gasteiger partial charge >= 0.3 is 5.97 Å². The number of nitro benzene ring substituents is 1. The lowest BCUT2D eigenvalue weighted by Gasteiger charge is -2.13. The SMILES string of the molecule is C[C@@H](OC(=O)c1ccc(Nc2ccccc2)c([N+](=O)[O-])c1)C(=O)NCc1ccco1. The summed E-state index contributed by atoms with van der Waals surface area (Å²) in [6, 6.07) is 16.2. The number of nitrogens with one attached hydrogen (secondary N) is 2. The largest absolute Gasteiger partial charge is 0.467 e. The third-order valence-electron chi connectivity index (χ3n) is 4.15. The summed E-state index contributed by atoms with van der Waals surface area (Å²) in [4.78, 5) is 35.3. The number of para-hydroxylation sites is 1. The van der Waals surface area contributed by atoms with Gasteiger partial charge in [0.1, 0.15) is 11.4 Å². The highest BCUT2D eigenvalue weighted by Crippen LogP contribution is 2.29. The highest BCUT2D eigenvalue weighted by atomic mass is 16.6. The predicted molar refractivity (Wildman–Crippen MR) is 108 cm³/mol. The van der Waals surface area contributed by atoms with Gasteiger partial charge in [-0.05, 0) is 43.3 Å². The minimum absolute atomic E-state index is 0.0361. The van der Waals surface area contributed by atoms with Crippen molar-refractivity contribution in [3.63, 3.8) is 0 Å². The first-order valence-corrected chi connectivity index (χ1v) is 9.05. The Morgan fingerprint density at radius 3 is 2.57 bits per heavy atom. The fraction of sp³-hybridized carbons (Fsp3) is 0.143. The van der Waals surface area contributed by atoms with Gasteiger partial charge in [-0.25, -0.2) is 4.79 Å². The van der Waals surface area contributed by atoms with Crippen LogP contribution in [0.15, 0.2) is 71.3 Å². The van der Waals surface area contributed by atoms with Gasteiger partial charge in [0, 0.05) is 11.8 Å². The van der Waals surface area contributed by atoms with Gasteiger partial charge in [0.2, 0.25) is 0 Å². The average molecular weight is 409 g/mol. The summed E-state index contributed by atoms with van der Waals surface area (Å²) in [5, 5.41) is 17.0. The Balaban J connectivity index is 1.66. The number of nitro groups is 1. The van der Waals surface area contributed by atoms with Gasteiger partial charge in [-0.2, -0.15) is 0 Å². The van der Waals surface area contributed by atoms with E-state index in [0.717, 1.165) is 6.07 Å². The Kier molecular flexibility index (Phi) is 6.43. The fourth-order valence-corrected chi connectivity index (χ4v) is 2.61. The van der Waals surface area contributed by atoms with E-state index in [1.807, 2.05) is 6.07 Å². The van der Waals surface area contributed by atoms with E-state index < -0.39 is 22.9 Å². The van der Waals surface area contributed by atoms with Gasteiger partial charge in [-0.15, -0.1) is 0 Å². The number of carbonyl (C=O) groups excluding carboxylic acids is 2. The number of benzene rings is 2. The van der Waals surface area contributed by atoms with Crippen LogP contribution in [0.4, 0.5) is 17.1 Å². The third-order valence-corrected chi connectivity index (χ3v) is 4.15. The number of anilines is 2. The van der Waals surface area contributed by atoms with Crippen LogP contribution in [0, 0.1) is 10.1 Å². The van der Waals surface area contributed by atoms with E-state index in [-0.39, 0.29) is 23.5 Å². The van der Waals surface area contributed by atoms with Crippen LogP contribution in [-0.2, 0) is 16.1 Å². The van der Waals surface area contributed by atoms with Crippen LogP contribution < -0.4 is 10.6 Å². The lowest BCUT2D eigenvalue weighted by molar-refractivity contribution is -0.383. The van der Waals surface area contributed by atoms with Gasteiger partial charge in [0.25, 0.3) is 11.6 Å². The number of carbonyl (C=O) groups is 2. The van der Waals surface area contributed by atoms with E-state index in [2.05, 4.69) is 10.6 Å². The van der Waals surface area contributed by atoms with Gasteiger partial charge in [0.05, 0.1) is 23.3 Å².